The van der Waals surface area contributed by atoms with Gasteiger partial charge in [-0.05, 0) is 68.0 Å². The Labute approximate surface area is 309 Å². The molecule has 3 aliphatic heterocycles. The molecule has 0 spiro atoms. The number of rotatable bonds is 7. The topological polar surface area (TPSA) is 191 Å². The second-order valence-corrected chi connectivity index (χ2v) is 16.6. The minimum absolute atomic E-state index is 0.0816. The highest BCUT2D eigenvalue weighted by Gasteiger charge is 2.53. The van der Waals surface area contributed by atoms with E-state index >= 15 is 0 Å². The zero-order valence-corrected chi connectivity index (χ0v) is 33.5. The molecule has 0 radical (unpaired) electrons. The van der Waals surface area contributed by atoms with Gasteiger partial charge in [0.05, 0.1) is 42.0 Å². The molecule has 0 aromatic rings. The molecule has 3 heterocycles. The fraction of sp³-hybridized carbons (Fsp3) is 0.921. The monoisotopic (exact) mass is 745 g/mol. The Hall–Kier alpha value is -1.75. The fourth-order valence-electron chi connectivity index (χ4n) is 8.58. The quantitative estimate of drug-likeness (QED) is 0.278. The first-order valence-corrected chi connectivity index (χ1v) is 18.9. The number of carbonyl (C=O) groups excluding carboxylic acids is 3. The molecule has 3 rings (SSSR count). The number of nitrogens with zero attached hydrogens (tertiary/aromatic N) is 1. The third kappa shape index (κ3) is 10.1. The molecule has 0 aromatic heterocycles. The molecule has 0 bridgehead atoms. The summed E-state index contributed by atoms with van der Waals surface area (Å²) in [7, 11) is 3.69. The van der Waals surface area contributed by atoms with E-state index in [2.05, 4.69) is 0 Å². The molecular weight excluding hydrogens is 678 g/mol. The standard InChI is InChI=1S/C38H67NO13/c1-14-27-20(4)30(42)21(5)29(41)18(2)16-37(10,46)34(51-36-31(43)26(39(12)13)15-19(3)47-36)22(6)32(23(7)35(45)49-27)50-28-17-38(11,52-25(9)40)33(44)24(8)48-28/h18-24,26-28,30-34,36,42-44,46H,14-17H2,1-13H3/t18-,19?,20+,21+,22+,23-,24?,26?,27-,28?,30+,31?,32+,33?,34-,36?,37-,38?/m1/s1. The van der Waals surface area contributed by atoms with Gasteiger partial charge in [0.2, 0.25) is 0 Å². The van der Waals surface area contributed by atoms with Gasteiger partial charge in [-0.1, -0.05) is 34.6 Å². The number of likely N-dealkylation sites (N-methyl/N-ethyl adjacent to an activating group) is 1. The summed E-state index contributed by atoms with van der Waals surface area (Å²) in [5.41, 5.74) is -3.15. The summed E-state index contributed by atoms with van der Waals surface area (Å²) < 4.78 is 37.1. The lowest BCUT2D eigenvalue weighted by atomic mass is 9.74. The van der Waals surface area contributed by atoms with Gasteiger partial charge in [0, 0.05) is 43.1 Å². The third-order valence-electron chi connectivity index (χ3n) is 11.7. The van der Waals surface area contributed by atoms with Gasteiger partial charge in [0.25, 0.3) is 0 Å². The number of aliphatic hydroxyl groups excluding tert-OH is 3. The zero-order valence-electron chi connectivity index (χ0n) is 33.5. The summed E-state index contributed by atoms with van der Waals surface area (Å²) in [6.45, 7) is 18.1. The number of esters is 2. The molecule has 3 saturated heterocycles. The maximum absolute atomic E-state index is 14.1. The van der Waals surface area contributed by atoms with Crippen molar-refractivity contribution >= 4 is 17.7 Å². The lowest BCUT2D eigenvalue weighted by Gasteiger charge is -2.49. The number of cyclic esters (lactones) is 1. The second-order valence-electron chi connectivity index (χ2n) is 16.6. The van der Waals surface area contributed by atoms with Crippen LogP contribution in [0.1, 0.15) is 102 Å². The average molecular weight is 746 g/mol. The summed E-state index contributed by atoms with van der Waals surface area (Å²) in [6, 6.07) is -0.327. The van der Waals surface area contributed by atoms with Crippen LogP contribution in [0.5, 0.6) is 0 Å². The molecule has 3 aliphatic rings. The van der Waals surface area contributed by atoms with Crippen LogP contribution < -0.4 is 0 Å². The van der Waals surface area contributed by atoms with Gasteiger partial charge < -0.3 is 53.7 Å². The molecule has 52 heavy (non-hydrogen) atoms. The number of ether oxygens (including phenoxy) is 6. The molecule has 0 amide bonds. The average Bonchev–Trinajstić information content (AvgIpc) is 3.05. The Morgan fingerprint density at radius 2 is 1.52 bits per heavy atom. The van der Waals surface area contributed by atoms with Crippen molar-refractivity contribution in [3.05, 3.63) is 0 Å². The van der Waals surface area contributed by atoms with Crippen LogP contribution in [0.3, 0.4) is 0 Å². The van der Waals surface area contributed by atoms with Gasteiger partial charge >= 0.3 is 11.9 Å². The van der Waals surface area contributed by atoms with E-state index in [0.29, 0.717) is 12.8 Å². The van der Waals surface area contributed by atoms with Crippen LogP contribution in [0, 0.1) is 29.6 Å². The van der Waals surface area contributed by atoms with Gasteiger partial charge in [0.15, 0.2) is 12.6 Å². The fourth-order valence-corrected chi connectivity index (χ4v) is 8.58. The molecule has 14 nitrogen and oxygen atoms in total. The van der Waals surface area contributed by atoms with E-state index < -0.39 is 108 Å². The number of carbonyl (C=O) groups is 3. The van der Waals surface area contributed by atoms with E-state index in [1.807, 2.05) is 32.8 Å². The van der Waals surface area contributed by atoms with Crippen molar-refractivity contribution in [1.82, 2.24) is 4.90 Å². The van der Waals surface area contributed by atoms with Gasteiger partial charge in [-0.15, -0.1) is 0 Å². The van der Waals surface area contributed by atoms with Crippen LogP contribution in [0.4, 0.5) is 0 Å². The van der Waals surface area contributed by atoms with E-state index in [-0.39, 0.29) is 30.8 Å². The van der Waals surface area contributed by atoms with Crippen LogP contribution in [0.15, 0.2) is 0 Å². The molecule has 3 fully saturated rings. The summed E-state index contributed by atoms with van der Waals surface area (Å²) in [4.78, 5) is 41.8. The first kappa shape index (κ1) is 44.6. The molecule has 14 heteroatoms. The maximum Gasteiger partial charge on any atom is 0.311 e. The normalized spacial score (nSPS) is 47.4. The Kier molecular flexibility index (Phi) is 15.3. The van der Waals surface area contributed by atoms with Crippen LogP contribution in [0.2, 0.25) is 0 Å². The van der Waals surface area contributed by atoms with E-state index in [1.54, 1.807) is 48.5 Å². The SMILES string of the molecule is CC[C@H]1OC(=O)[C@H](C)[C@@H](OC2CC(C)(OC(C)=O)C(O)C(C)O2)[C@H](C)[C@@H](OC2OC(C)CC(N(C)C)C2O)[C@](C)(O)C[C@@H](C)C(=O)[C@H](C)[C@@H](O)[C@H]1C. The number of hydrogen-bond acceptors (Lipinski definition) is 14. The molecule has 0 aromatic carbocycles. The van der Waals surface area contributed by atoms with Crippen LogP contribution >= 0.6 is 0 Å². The predicted octanol–water partition coefficient (Wildman–Crippen LogP) is 2.59. The van der Waals surface area contributed by atoms with Crippen LogP contribution in [-0.4, -0.2) is 136 Å². The second kappa shape index (κ2) is 17.8. The van der Waals surface area contributed by atoms with Crippen molar-refractivity contribution in [1.29, 1.82) is 0 Å². The Balaban J connectivity index is 2.17. The van der Waals surface area contributed by atoms with Crippen molar-refractivity contribution in [2.24, 2.45) is 29.6 Å². The smallest absolute Gasteiger partial charge is 0.311 e. The number of hydrogen-bond donors (Lipinski definition) is 4. The summed E-state index contributed by atoms with van der Waals surface area (Å²) in [6.07, 6.45) is -9.12. The Morgan fingerprint density at radius 3 is 2.08 bits per heavy atom. The molecule has 0 aliphatic carbocycles. The minimum atomic E-state index is -1.77. The van der Waals surface area contributed by atoms with Crippen LogP contribution in [-0.2, 0) is 42.8 Å². The summed E-state index contributed by atoms with van der Waals surface area (Å²) in [5, 5.41) is 46.2. The van der Waals surface area contributed by atoms with Gasteiger partial charge in [-0.3, -0.25) is 14.4 Å². The maximum atomic E-state index is 14.1. The van der Waals surface area contributed by atoms with Crippen molar-refractivity contribution < 1.29 is 63.2 Å². The molecule has 4 N–H and O–H groups in total. The zero-order chi connectivity index (χ0) is 39.6. The van der Waals surface area contributed by atoms with Gasteiger partial charge in [0.1, 0.15) is 29.7 Å². The first-order chi connectivity index (χ1) is 23.9. The largest absolute Gasteiger partial charge is 0.462 e. The molecule has 8 unspecified atom stereocenters. The van der Waals surface area contributed by atoms with E-state index in [9.17, 15) is 34.8 Å². The van der Waals surface area contributed by atoms with E-state index in [0.717, 1.165) is 0 Å². The highest BCUT2D eigenvalue weighted by Crippen LogP contribution is 2.40. The minimum Gasteiger partial charge on any atom is -0.462 e. The highest BCUT2D eigenvalue weighted by molar-refractivity contribution is 5.83. The number of Topliss-reactive ketones (excluding diaryl/α,β-unsaturated/α-hetero) is 1. The third-order valence-corrected chi connectivity index (χ3v) is 11.7. The summed E-state index contributed by atoms with van der Waals surface area (Å²) >= 11 is 0. The molecule has 302 valence electrons. The molecular formula is C38H67NO13. The van der Waals surface area contributed by atoms with E-state index in [1.165, 1.54) is 13.8 Å². The lowest BCUT2D eigenvalue weighted by molar-refractivity contribution is -0.317. The first-order valence-electron chi connectivity index (χ1n) is 18.9. The summed E-state index contributed by atoms with van der Waals surface area (Å²) in [5.74, 6) is -5.51. The van der Waals surface area contributed by atoms with E-state index in [4.69, 9.17) is 28.4 Å². The number of aliphatic hydroxyl groups is 4. The Morgan fingerprint density at radius 1 is 0.904 bits per heavy atom. The van der Waals surface area contributed by atoms with Gasteiger partial charge in [-0.2, -0.15) is 0 Å². The van der Waals surface area contributed by atoms with Crippen molar-refractivity contribution in [3.8, 4) is 0 Å². The van der Waals surface area contributed by atoms with Gasteiger partial charge in [-0.25, -0.2) is 0 Å². The highest BCUT2D eigenvalue weighted by atomic mass is 16.7. The van der Waals surface area contributed by atoms with Crippen molar-refractivity contribution in [2.45, 2.75) is 181 Å². The molecule has 18 atom stereocenters. The lowest BCUT2D eigenvalue weighted by Crippen LogP contribution is -2.61. The Bertz CT molecular complexity index is 1220. The number of ketones is 1. The van der Waals surface area contributed by atoms with Crippen molar-refractivity contribution in [2.75, 3.05) is 14.1 Å². The predicted molar refractivity (Wildman–Crippen MR) is 190 cm³/mol. The van der Waals surface area contributed by atoms with Crippen molar-refractivity contribution in [3.63, 3.8) is 0 Å². The molecule has 0 saturated carbocycles. The van der Waals surface area contributed by atoms with Crippen LogP contribution in [0.25, 0.3) is 0 Å².